The van der Waals surface area contributed by atoms with Gasteiger partial charge in [-0.15, -0.1) is 0 Å². The van der Waals surface area contributed by atoms with Crippen LogP contribution in [0.2, 0.25) is 0 Å². The van der Waals surface area contributed by atoms with E-state index in [1.807, 2.05) is 44.2 Å². The first-order valence-electron chi connectivity index (χ1n) is 13.5. The van der Waals surface area contributed by atoms with Crippen LogP contribution in [0.1, 0.15) is 31.5 Å². The second-order valence-corrected chi connectivity index (χ2v) is 12.0. The minimum atomic E-state index is -3.92. The number of piperazine rings is 1. The summed E-state index contributed by atoms with van der Waals surface area (Å²) in [6, 6.07) is 14.1. The third-order valence-electron chi connectivity index (χ3n) is 7.22. The van der Waals surface area contributed by atoms with Crippen LogP contribution in [0.25, 0.3) is 22.4 Å². The average molecular weight is 567 g/mol. The number of ether oxygens (including phenoxy) is 1. The van der Waals surface area contributed by atoms with E-state index in [1.54, 1.807) is 13.1 Å². The minimum absolute atomic E-state index is 0.0441. The molecule has 4 aromatic rings. The monoisotopic (exact) mass is 566 g/mol. The Labute approximate surface area is 233 Å². The summed E-state index contributed by atoms with van der Waals surface area (Å²) in [7, 11) is -2.22. The fourth-order valence-corrected chi connectivity index (χ4v) is 6.64. The summed E-state index contributed by atoms with van der Waals surface area (Å²) in [5, 5.41) is 17.8. The van der Waals surface area contributed by atoms with Crippen LogP contribution in [-0.4, -0.2) is 69.9 Å². The van der Waals surface area contributed by atoms with Gasteiger partial charge in [0.15, 0.2) is 5.52 Å². The molecular weight excluding hydrogens is 532 g/mol. The molecule has 5 rings (SSSR count). The van der Waals surface area contributed by atoms with Gasteiger partial charge in [-0.3, -0.25) is 9.48 Å². The number of aromatic amines is 1. The van der Waals surface area contributed by atoms with Gasteiger partial charge < -0.3 is 19.6 Å². The number of nitrogens with zero attached hydrogens (tertiary/aromatic N) is 5. The lowest BCUT2D eigenvalue weighted by molar-refractivity contribution is -0.897. The summed E-state index contributed by atoms with van der Waals surface area (Å²) in [5.74, 6) is 0.613. The fraction of sp³-hybridized carbons (Fsp3) is 0.393. The highest BCUT2D eigenvalue weighted by molar-refractivity contribution is 7.89. The van der Waals surface area contributed by atoms with E-state index in [0.29, 0.717) is 47.6 Å². The Morgan fingerprint density at radius 3 is 2.50 bits per heavy atom. The Kier molecular flexibility index (Phi) is 7.78. The molecule has 0 bridgehead atoms. The van der Waals surface area contributed by atoms with Crippen LogP contribution in [0.15, 0.2) is 58.2 Å². The number of benzene rings is 2. The Bertz CT molecular complexity index is 1670. The first-order valence-corrected chi connectivity index (χ1v) is 14.9. The summed E-state index contributed by atoms with van der Waals surface area (Å²) >= 11 is 0. The van der Waals surface area contributed by atoms with E-state index in [9.17, 15) is 18.4 Å². The van der Waals surface area contributed by atoms with Crippen molar-refractivity contribution >= 4 is 21.1 Å². The van der Waals surface area contributed by atoms with Crippen LogP contribution in [0, 0.1) is 5.21 Å². The number of quaternary nitrogens is 1. The number of nitrogens with one attached hydrogen (secondary N) is 1. The van der Waals surface area contributed by atoms with Gasteiger partial charge in [-0.05, 0) is 31.5 Å². The maximum atomic E-state index is 13.7. The van der Waals surface area contributed by atoms with Gasteiger partial charge in [-0.1, -0.05) is 43.7 Å². The lowest BCUT2D eigenvalue weighted by Gasteiger charge is -2.47. The zero-order valence-corrected chi connectivity index (χ0v) is 23.8. The smallest absolute Gasteiger partial charge is 0.277 e. The van der Waals surface area contributed by atoms with Gasteiger partial charge in [-0.25, -0.2) is 13.4 Å². The highest BCUT2D eigenvalue weighted by atomic mass is 32.2. The molecule has 3 heterocycles. The number of aromatic nitrogens is 4. The van der Waals surface area contributed by atoms with E-state index < -0.39 is 14.7 Å². The zero-order chi connectivity index (χ0) is 28.5. The summed E-state index contributed by atoms with van der Waals surface area (Å²) in [5.41, 5.74) is 2.47. The molecule has 0 atom stereocenters. The summed E-state index contributed by atoms with van der Waals surface area (Å²) in [4.78, 5) is 20.6. The molecule has 0 amide bonds. The maximum Gasteiger partial charge on any atom is 0.277 e. The first-order chi connectivity index (χ1) is 19.1. The number of H-pyrrole nitrogens is 1. The summed E-state index contributed by atoms with van der Waals surface area (Å²) in [6.07, 6.45) is 1.48. The van der Waals surface area contributed by atoms with Crippen molar-refractivity contribution in [2.24, 2.45) is 7.05 Å². The van der Waals surface area contributed by atoms with E-state index in [1.165, 1.54) is 21.1 Å². The van der Waals surface area contributed by atoms with Gasteiger partial charge in [-0.2, -0.15) is 9.40 Å². The lowest BCUT2D eigenvalue weighted by atomic mass is 10.1. The van der Waals surface area contributed by atoms with Crippen molar-refractivity contribution in [3.8, 4) is 17.1 Å². The van der Waals surface area contributed by atoms with E-state index >= 15 is 0 Å². The second kappa shape index (κ2) is 11.1. The van der Waals surface area contributed by atoms with Gasteiger partial charge in [0.2, 0.25) is 10.0 Å². The lowest BCUT2D eigenvalue weighted by Crippen LogP contribution is -2.56. The minimum Gasteiger partial charge on any atom is -0.632 e. The molecule has 1 saturated heterocycles. The van der Waals surface area contributed by atoms with Crippen molar-refractivity contribution < 1.29 is 17.8 Å². The van der Waals surface area contributed by atoms with Crippen molar-refractivity contribution in [1.82, 2.24) is 24.1 Å². The van der Waals surface area contributed by atoms with Crippen LogP contribution in [-0.2, 0) is 30.0 Å². The molecular formula is C28H34N6O5S. The second-order valence-electron chi connectivity index (χ2n) is 10.1. The molecule has 1 aliphatic rings. The average Bonchev–Trinajstić information content (AvgIpc) is 3.25. The molecule has 11 nitrogen and oxygen atoms in total. The normalized spacial score (nSPS) is 15.9. The number of hydroxylamine groups is 3. The van der Waals surface area contributed by atoms with E-state index in [2.05, 4.69) is 10.1 Å². The molecule has 212 valence electrons. The summed E-state index contributed by atoms with van der Waals surface area (Å²) in [6.45, 7) is 5.03. The molecule has 12 heteroatoms. The molecule has 0 spiro atoms. The van der Waals surface area contributed by atoms with Gasteiger partial charge >= 0.3 is 0 Å². The van der Waals surface area contributed by atoms with Crippen LogP contribution >= 0.6 is 0 Å². The van der Waals surface area contributed by atoms with Gasteiger partial charge in [0, 0.05) is 12.6 Å². The molecule has 40 heavy (non-hydrogen) atoms. The third-order valence-corrected chi connectivity index (χ3v) is 9.12. The first kappa shape index (κ1) is 28.0. The predicted octanol–water partition coefficient (Wildman–Crippen LogP) is 3.19. The third kappa shape index (κ3) is 5.39. The number of hydrogen-bond donors (Lipinski definition) is 1. The van der Waals surface area contributed by atoms with Gasteiger partial charge in [0.05, 0.1) is 48.9 Å². The van der Waals surface area contributed by atoms with E-state index in [4.69, 9.17) is 9.72 Å². The molecule has 2 aromatic heterocycles. The number of fused-ring (bicyclic) bond motifs is 1. The molecule has 2 aromatic carbocycles. The standard InChI is InChI=1S/C28H34N6O5S/c1-4-9-23-25-26(32(3)31-23)28(35)30-27(29-25)22-18-21(12-13-24(22)39-5-2)40(37,38)33-14-16-34(36,17-15-33)19-20-10-7-6-8-11-20/h6-8,10-13,18H,4-5,9,14-17,19H2,1-3H3,(H,29,30,35). The molecule has 0 aliphatic carbocycles. The Morgan fingerprint density at radius 2 is 1.82 bits per heavy atom. The molecule has 0 radical (unpaired) electrons. The molecule has 1 aliphatic heterocycles. The largest absolute Gasteiger partial charge is 0.632 e. The van der Waals surface area contributed by atoms with Crippen molar-refractivity contribution in [3.05, 3.63) is 75.3 Å². The van der Waals surface area contributed by atoms with Gasteiger partial charge in [0.1, 0.15) is 23.6 Å². The van der Waals surface area contributed by atoms with Crippen LogP contribution < -0.4 is 10.3 Å². The maximum absolute atomic E-state index is 13.7. The van der Waals surface area contributed by atoms with Crippen molar-refractivity contribution in [3.63, 3.8) is 0 Å². The highest BCUT2D eigenvalue weighted by Crippen LogP contribution is 2.33. The molecule has 1 N–H and O–H groups in total. The van der Waals surface area contributed by atoms with Crippen molar-refractivity contribution in [1.29, 1.82) is 0 Å². The molecule has 0 unspecified atom stereocenters. The molecule has 0 saturated carbocycles. The number of rotatable bonds is 9. The van der Waals surface area contributed by atoms with Crippen LogP contribution in [0.3, 0.4) is 0 Å². The number of sulfonamides is 1. The van der Waals surface area contributed by atoms with Gasteiger partial charge in [0.25, 0.3) is 5.56 Å². The molecule has 1 fully saturated rings. The van der Waals surface area contributed by atoms with Crippen molar-refractivity contribution in [2.45, 2.75) is 38.1 Å². The van der Waals surface area contributed by atoms with E-state index in [-0.39, 0.29) is 42.5 Å². The topological polar surface area (TPSA) is 133 Å². The number of hydrogen-bond acceptors (Lipinski definition) is 7. The quantitative estimate of drug-likeness (QED) is 0.243. The van der Waals surface area contributed by atoms with Crippen molar-refractivity contribution in [2.75, 3.05) is 32.8 Å². The Balaban J connectivity index is 1.47. The zero-order valence-electron chi connectivity index (χ0n) is 23.0. The van der Waals surface area contributed by atoms with Crippen LogP contribution in [0.5, 0.6) is 5.75 Å². The predicted molar refractivity (Wildman–Crippen MR) is 152 cm³/mol. The van der Waals surface area contributed by atoms with E-state index in [0.717, 1.165) is 12.0 Å². The fourth-order valence-electron chi connectivity index (χ4n) is 5.19. The number of aryl methyl sites for hydroxylation is 2. The SMILES string of the molecule is CCCc1nn(C)c2c(=O)[nH]c(-c3cc(S(=O)(=O)N4CC[N+]([O-])(Cc5ccccc5)CC4)ccc3OCC)nc12. The Morgan fingerprint density at radius 1 is 1.10 bits per heavy atom. The highest BCUT2D eigenvalue weighted by Gasteiger charge is 2.34. The van der Waals surface area contributed by atoms with Crippen LogP contribution in [0.4, 0.5) is 0 Å². The Hall–Kier alpha value is -3.58. The summed E-state index contributed by atoms with van der Waals surface area (Å²) < 4.78 is 35.6.